The van der Waals surface area contributed by atoms with Crippen LogP contribution >= 0.6 is 0 Å². The zero-order valence-corrected chi connectivity index (χ0v) is 16.7. The van der Waals surface area contributed by atoms with Crippen molar-refractivity contribution in [1.29, 1.82) is 0 Å². The van der Waals surface area contributed by atoms with Crippen molar-refractivity contribution in [1.82, 2.24) is 4.90 Å². The van der Waals surface area contributed by atoms with Gasteiger partial charge in [-0.15, -0.1) is 0 Å². The molecular weight excluding hydrogens is 354 g/mol. The lowest BCUT2D eigenvalue weighted by Crippen LogP contribution is -2.34. The standard InChI is InChI=1S/C23H29NO4/c1-26-15-16-28-21-8-6-7-19(17-21)23(25)24-14-5-3-4-9-22(24)18-10-12-20(27-2)13-11-18/h6-8,10-13,17,22H,3-5,9,14-16H2,1-2H3. The van der Waals surface area contributed by atoms with Crippen LogP contribution in [0.15, 0.2) is 48.5 Å². The second-order valence-electron chi connectivity index (χ2n) is 7.01. The van der Waals surface area contributed by atoms with Crippen LogP contribution in [-0.2, 0) is 4.74 Å². The van der Waals surface area contributed by atoms with E-state index in [-0.39, 0.29) is 11.9 Å². The van der Waals surface area contributed by atoms with Crippen LogP contribution in [0.5, 0.6) is 11.5 Å². The second kappa shape index (κ2) is 10.1. The minimum Gasteiger partial charge on any atom is -0.497 e. The zero-order valence-electron chi connectivity index (χ0n) is 16.7. The first-order valence-electron chi connectivity index (χ1n) is 9.89. The number of carbonyl (C=O) groups is 1. The Hall–Kier alpha value is -2.53. The Morgan fingerprint density at radius 2 is 1.82 bits per heavy atom. The van der Waals surface area contributed by atoms with Gasteiger partial charge >= 0.3 is 0 Å². The van der Waals surface area contributed by atoms with Crippen molar-refractivity contribution in [3.63, 3.8) is 0 Å². The van der Waals surface area contributed by atoms with Crippen molar-refractivity contribution >= 4 is 5.91 Å². The van der Waals surface area contributed by atoms with Crippen LogP contribution in [0.1, 0.15) is 47.6 Å². The van der Waals surface area contributed by atoms with Crippen molar-refractivity contribution in [3.8, 4) is 11.5 Å². The number of benzene rings is 2. The van der Waals surface area contributed by atoms with E-state index in [1.807, 2.05) is 41.3 Å². The molecule has 0 saturated carbocycles. The molecule has 3 rings (SSSR count). The van der Waals surface area contributed by atoms with Crippen molar-refractivity contribution in [2.45, 2.75) is 31.7 Å². The van der Waals surface area contributed by atoms with Crippen LogP contribution in [0.4, 0.5) is 0 Å². The van der Waals surface area contributed by atoms with Crippen LogP contribution in [0, 0.1) is 0 Å². The summed E-state index contributed by atoms with van der Waals surface area (Å²) in [4.78, 5) is 15.4. The maximum atomic E-state index is 13.4. The molecule has 0 bridgehead atoms. The molecule has 0 aliphatic carbocycles. The van der Waals surface area contributed by atoms with E-state index in [9.17, 15) is 4.79 Å². The van der Waals surface area contributed by atoms with Crippen LogP contribution < -0.4 is 9.47 Å². The molecule has 1 amide bonds. The smallest absolute Gasteiger partial charge is 0.254 e. The van der Waals surface area contributed by atoms with Gasteiger partial charge in [0.05, 0.1) is 19.8 Å². The summed E-state index contributed by atoms with van der Waals surface area (Å²) in [5.41, 5.74) is 1.82. The first kappa shape index (κ1) is 20.2. The maximum Gasteiger partial charge on any atom is 0.254 e. The number of nitrogens with zero attached hydrogens (tertiary/aromatic N) is 1. The number of methoxy groups -OCH3 is 2. The highest BCUT2D eigenvalue weighted by Gasteiger charge is 2.27. The van der Waals surface area contributed by atoms with E-state index in [2.05, 4.69) is 12.1 Å². The Balaban J connectivity index is 1.81. The number of hydrogen-bond donors (Lipinski definition) is 0. The average Bonchev–Trinajstić information content (AvgIpc) is 3.00. The van der Waals surface area contributed by atoms with E-state index in [4.69, 9.17) is 14.2 Å². The Kier molecular flexibility index (Phi) is 7.31. The van der Waals surface area contributed by atoms with Crippen LogP contribution in [-0.4, -0.2) is 44.8 Å². The number of likely N-dealkylation sites (tertiary alicyclic amines) is 1. The van der Waals surface area contributed by atoms with Crippen molar-refractivity contribution < 1.29 is 19.0 Å². The fourth-order valence-electron chi connectivity index (χ4n) is 3.65. The van der Waals surface area contributed by atoms with Crippen LogP contribution in [0.2, 0.25) is 0 Å². The third-order valence-corrected chi connectivity index (χ3v) is 5.15. The van der Waals surface area contributed by atoms with Crippen LogP contribution in [0.25, 0.3) is 0 Å². The van der Waals surface area contributed by atoms with E-state index in [1.54, 1.807) is 14.2 Å². The number of amides is 1. The minimum atomic E-state index is 0.0555. The third-order valence-electron chi connectivity index (χ3n) is 5.15. The largest absolute Gasteiger partial charge is 0.497 e. The lowest BCUT2D eigenvalue weighted by Gasteiger charge is -2.31. The lowest BCUT2D eigenvalue weighted by molar-refractivity contribution is 0.0680. The second-order valence-corrected chi connectivity index (χ2v) is 7.01. The molecule has 5 heteroatoms. The first-order chi connectivity index (χ1) is 13.7. The summed E-state index contributed by atoms with van der Waals surface area (Å²) in [6, 6.07) is 15.6. The predicted octanol–water partition coefficient (Wildman–Crippen LogP) is 4.48. The molecule has 1 unspecified atom stereocenters. The molecular formula is C23H29NO4. The van der Waals surface area contributed by atoms with E-state index in [0.29, 0.717) is 24.5 Å². The van der Waals surface area contributed by atoms with Gasteiger partial charge in [0.2, 0.25) is 0 Å². The molecule has 1 aliphatic heterocycles. The number of ether oxygens (including phenoxy) is 3. The Labute approximate surface area is 167 Å². The molecule has 5 nitrogen and oxygen atoms in total. The van der Waals surface area contributed by atoms with Gasteiger partial charge in [0, 0.05) is 19.2 Å². The van der Waals surface area contributed by atoms with Gasteiger partial charge in [0.15, 0.2) is 0 Å². The van der Waals surface area contributed by atoms with Gasteiger partial charge in [-0.05, 0) is 48.7 Å². The fourth-order valence-corrected chi connectivity index (χ4v) is 3.65. The molecule has 0 spiro atoms. The molecule has 0 N–H and O–H groups in total. The van der Waals surface area contributed by atoms with E-state index < -0.39 is 0 Å². The van der Waals surface area contributed by atoms with Gasteiger partial charge in [-0.2, -0.15) is 0 Å². The van der Waals surface area contributed by atoms with Crippen molar-refractivity contribution in [3.05, 3.63) is 59.7 Å². The van der Waals surface area contributed by atoms with Gasteiger partial charge in [0.1, 0.15) is 18.1 Å². The molecule has 1 aliphatic rings. The highest BCUT2D eigenvalue weighted by Crippen LogP contribution is 2.32. The fraction of sp³-hybridized carbons (Fsp3) is 0.435. The number of carbonyl (C=O) groups excluding carboxylic acids is 1. The molecule has 28 heavy (non-hydrogen) atoms. The summed E-state index contributed by atoms with van der Waals surface area (Å²) >= 11 is 0. The summed E-state index contributed by atoms with van der Waals surface area (Å²) in [7, 11) is 3.31. The summed E-state index contributed by atoms with van der Waals surface area (Å²) in [6.07, 6.45) is 4.28. The predicted molar refractivity (Wildman–Crippen MR) is 109 cm³/mol. The third kappa shape index (κ3) is 5.04. The Bertz CT molecular complexity index is 759. The average molecular weight is 383 g/mol. The molecule has 1 saturated heterocycles. The molecule has 1 heterocycles. The van der Waals surface area contributed by atoms with E-state index in [1.165, 1.54) is 0 Å². The monoisotopic (exact) mass is 383 g/mol. The molecule has 150 valence electrons. The summed E-state index contributed by atoms with van der Waals surface area (Å²) in [5, 5.41) is 0. The van der Waals surface area contributed by atoms with Crippen molar-refractivity contribution in [2.75, 3.05) is 34.0 Å². The van der Waals surface area contributed by atoms with E-state index in [0.717, 1.165) is 43.5 Å². The lowest BCUT2D eigenvalue weighted by atomic mass is 10.00. The molecule has 0 radical (unpaired) electrons. The van der Waals surface area contributed by atoms with Gasteiger partial charge < -0.3 is 19.1 Å². The normalized spacial score (nSPS) is 17.1. The summed E-state index contributed by atoms with van der Waals surface area (Å²) in [5.74, 6) is 1.58. The molecule has 1 fully saturated rings. The highest BCUT2D eigenvalue weighted by molar-refractivity contribution is 5.95. The van der Waals surface area contributed by atoms with Crippen molar-refractivity contribution in [2.24, 2.45) is 0 Å². The van der Waals surface area contributed by atoms with Gasteiger partial charge in [-0.3, -0.25) is 4.79 Å². The van der Waals surface area contributed by atoms with E-state index >= 15 is 0 Å². The SMILES string of the molecule is COCCOc1cccc(C(=O)N2CCCCCC2c2ccc(OC)cc2)c1. The number of hydrogen-bond acceptors (Lipinski definition) is 4. The zero-order chi connectivity index (χ0) is 19.8. The summed E-state index contributed by atoms with van der Waals surface area (Å²) in [6.45, 7) is 1.75. The number of rotatable bonds is 7. The highest BCUT2D eigenvalue weighted by atomic mass is 16.5. The topological polar surface area (TPSA) is 48.0 Å². The minimum absolute atomic E-state index is 0.0555. The quantitative estimate of drug-likeness (QED) is 0.662. The summed E-state index contributed by atoms with van der Waals surface area (Å²) < 4.78 is 16.0. The van der Waals surface area contributed by atoms with Crippen LogP contribution in [0.3, 0.4) is 0 Å². The van der Waals surface area contributed by atoms with Gasteiger partial charge in [0.25, 0.3) is 5.91 Å². The molecule has 2 aromatic carbocycles. The molecule has 2 aromatic rings. The van der Waals surface area contributed by atoms with Gasteiger partial charge in [-0.1, -0.05) is 31.0 Å². The molecule has 1 atom stereocenters. The Morgan fingerprint density at radius 1 is 1.00 bits per heavy atom. The maximum absolute atomic E-state index is 13.4. The molecule has 0 aromatic heterocycles. The Morgan fingerprint density at radius 3 is 2.57 bits per heavy atom. The van der Waals surface area contributed by atoms with Gasteiger partial charge in [-0.25, -0.2) is 0 Å². The first-order valence-corrected chi connectivity index (χ1v) is 9.89.